The lowest BCUT2D eigenvalue weighted by molar-refractivity contribution is -0.162. The number of hydrogen-bond donors (Lipinski definition) is 0. The SMILES string of the molecule is CC1C(=O)N2CCCC2C(=O)N1C(C)C1CCOC1. The van der Waals surface area contributed by atoms with Crippen LogP contribution in [0, 0.1) is 5.92 Å². The standard InChI is InChI=1S/C14H22N2O3/c1-9(11-5-7-19-8-11)16-10(2)13(17)15-6-3-4-12(15)14(16)18/h9-12H,3-8H2,1-2H3. The number of piperazine rings is 1. The average molecular weight is 266 g/mol. The highest BCUT2D eigenvalue weighted by molar-refractivity contribution is 5.97. The average Bonchev–Trinajstić information content (AvgIpc) is 3.07. The molecule has 0 spiro atoms. The molecule has 106 valence electrons. The molecule has 0 N–H and O–H groups in total. The third-order valence-electron chi connectivity index (χ3n) is 4.94. The number of hydrogen-bond acceptors (Lipinski definition) is 3. The van der Waals surface area contributed by atoms with E-state index in [2.05, 4.69) is 6.92 Å². The summed E-state index contributed by atoms with van der Waals surface area (Å²) in [6.45, 7) is 6.15. The minimum Gasteiger partial charge on any atom is -0.381 e. The molecule has 2 amide bonds. The smallest absolute Gasteiger partial charge is 0.246 e. The van der Waals surface area contributed by atoms with Gasteiger partial charge in [0.15, 0.2) is 0 Å². The third-order valence-corrected chi connectivity index (χ3v) is 4.94. The molecule has 0 saturated carbocycles. The fourth-order valence-corrected chi connectivity index (χ4v) is 3.72. The van der Waals surface area contributed by atoms with Crippen LogP contribution in [0.4, 0.5) is 0 Å². The van der Waals surface area contributed by atoms with Crippen molar-refractivity contribution in [3.8, 4) is 0 Å². The van der Waals surface area contributed by atoms with Crippen molar-refractivity contribution in [2.45, 2.75) is 51.2 Å². The van der Waals surface area contributed by atoms with Gasteiger partial charge in [0.1, 0.15) is 12.1 Å². The molecule has 3 fully saturated rings. The van der Waals surface area contributed by atoms with Gasteiger partial charge >= 0.3 is 0 Å². The summed E-state index contributed by atoms with van der Waals surface area (Å²) in [5.74, 6) is 0.629. The zero-order chi connectivity index (χ0) is 13.6. The molecule has 5 heteroatoms. The molecule has 4 unspecified atom stereocenters. The van der Waals surface area contributed by atoms with Crippen molar-refractivity contribution in [3.63, 3.8) is 0 Å². The second-order valence-electron chi connectivity index (χ2n) is 5.98. The van der Waals surface area contributed by atoms with Crippen LogP contribution in [-0.4, -0.2) is 59.5 Å². The fourth-order valence-electron chi connectivity index (χ4n) is 3.72. The molecule has 5 nitrogen and oxygen atoms in total. The van der Waals surface area contributed by atoms with Gasteiger partial charge in [-0.1, -0.05) is 0 Å². The van der Waals surface area contributed by atoms with E-state index in [0.29, 0.717) is 12.5 Å². The maximum atomic E-state index is 12.7. The van der Waals surface area contributed by atoms with E-state index in [1.165, 1.54) is 0 Å². The van der Waals surface area contributed by atoms with Crippen LogP contribution in [0.15, 0.2) is 0 Å². The molecule has 3 saturated heterocycles. The van der Waals surface area contributed by atoms with Gasteiger partial charge in [0.05, 0.1) is 6.61 Å². The molecule has 3 aliphatic heterocycles. The van der Waals surface area contributed by atoms with E-state index in [-0.39, 0.29) is 29.9 Å². The molecular weight excluding hydrogens is 244 g/mol. The van der Waals surface area contributed by atoms with Gasteiger partial charge in [0.25, 0.3) is 0 Å². The first-order valence-corrected chi connectivity index (χ1v) is 7.31. The van der Waals surface area contributed by atoms with Crippen molar-refractivity contribution in [2.24, 2.45) is 5.92 Å². The summed E-state index contributed by atoms with van der Waals surface area (Å²) >= 11 is 0. The van der Waals surface area contributed by atoms with E-state index >= 15 is 0 Å². The summed E-state index contributed by atoms with van der Waals surface area (Å²) in [6.07, 6.45) is 2.76. The van der Waals surface area contributed by atoms with Crippen LogP contribution in [0.2, 0.25) is 0 Å². The Morgan fingerprint density at radius 3 is 2.74 bits per heavy atom. The van der Waals surface area contributed by atoms with Crippen molar-refractivity contribution < 1.29 is 14.3 Å². The first kappa shape index (κ1) is 12.9. The molecule has 3 heterocycles. The molecule has 0 aromatic rings. The minimum atomic E-state index is -0.322. The maximum Gasteiger partial charge on any atom is 0.246 e. The van der Waals surface area contributed by atoms with E-state index in [1.54, 1.807) is 4.90 Å². The van der Waals surface area contributed by atoms with Crippen LogP contribution >= 0.6 is 0 Å². The van der Waals surface area contributed by atoms with Crippen LogP contribution < -0.4 is 0 Å². The summed E-state index contributed by atoms with van der Waals surface area (Å²) in [6, 6.07) is -0.428. The molecule has 0 aromatic carbocycles. The highest BCUT2D eigenvalue weighted by Gasteiger charge is 2.48. The van der Waals surface area contributed by atoms with E-state index in [4.69, 9.17) is 4.74 Å². The Morgan fingerprint density at radius 1 is 1.26 bits per heavy atom. The lowest BCUT2D eigenvalue weighted by atomic mass is 9.94. The summed E-state index contributed by atoms with van der Waals surface area (Å²) in [5.41, 5.74) is 0. The number of carbonyl (C=O) groups excluding carboxylic acids is 2. The zero-order valence-corrected chi connectivity index (χ0v) is 11.7. The van der Waals surface area contributed by atoms with E-state index < -0.39 is 0 Å². The van der Waals surface area contributed by atoms with Crippen molar-refractivity contribution in [1.82, 2.24) is 9.80 Å². The molecular formula is C14H22N2O3. The van der Waals surface area contributed by atoms with Crippen LogP contribution in [-0.2, 0) is 14.3 Å². The van der Waals surface area contributed by atoms with Gasteiger partial charge in [-0.3, -0.25) is 9.59 Å². The summed E-state index contributed by atoms with van der Waals surface area (Å²) in [7, 11) is 0. The van der Waals surface area contributed by atoms with Crippen molar-refractivity contribution in [1.29, 1.82) is 0 Å². The van der Waals surface area contributed by atoms with Crippen molar-refractivity contribution >= 4 is 11.8 Å². The van der Waals surface area contributed by atoms with Crippen molar-refractivity contribution in [2.75, 3.05) is 19.8 Å². The second kappa shape index (κ2) is 4.78. The number of fused-ring (bicyclic) bond motifs is 1. The Morgan fingerprint density at radius 2 is 2.05 bits per heavy atom. The molecule has 3 rings (SSSR count). The number of rotatable bonds is 2. The number of ether oxygens (including phenoxy) is 1. The van der Waals surface area contributed by atoms with Gasteiger partial charge in [-0.15, -0.1) is 0 Å². The summed E-state index contributed by atoms with van der Waals surface area (Å²) in [5, 5.41) is 0. The first-order chi connectivity index (χ1) is 9.11. The molecule has 4 atom stereocenters. The molecule has 3 aliphatic rings. The Hall–Kier alpha value is -1.10. The third kappa shape index (κ3) is 1.95. The van der Waals surface area contributed by atoms with E-state index in [0.717, 1.165) is 32.4 Å². The zero-order valence-electron chi connectivity index (χ0n) is 11.7. The predicted molar refractivity (Wildman–Crippen MR) is 69.4 cm³/mol. The Bertz CT molecular complexity index is 392. The normalized spacial score (nSPS) is 36.8. The van der Waals surface area contributed by atoms with Gasteiger partial charge < -0.3 is 14.5 Å². The highest BCUT2D eigenvalue weighted by Crippen LogP contribution is 2.31. The summed E-state index contributed by atoms with van der Waals surface area (Å²) in [4.78, 5) is 28.6. The maximum absolute atomic E-state index is 12.7. The van der Waals surface area contributed by atoms with E-state index in [9.17, 15) is 9.59 Å². The van der Waals surface area contributed by atoms with Crippen molar-refractivity contribution in [3.05, 3.63) is 0 Å². The lowest BCUT2D eigenvalue weighted by Gasteiger charge is -2.45. The minimum absolute atomic E-state index is 0.0942. The number of amides is 2. The van der Waals surface area contributed by atoms with Crippen LogP contribution in [0.3, 0.4) is 0 Å². The largest absolute Gasteiger partial charge is 0.381 e. The Labute approximate surface area is 113 Å². The fraction of sp³-hybridized carbons (Fsp3) is 0.857. The first-order valence-electron chi connectivity index (χ1n) is 7.31. The van der Waals surface area contributed by atoms with Gasteiger partial charge in [0, 0.05) is 25.1 Å². The topological polar surface area (TPSA) is 49.9 Å². The Kier molecular flexibility index (Phi) is 3.25. The summed E-state index contributed by atoms with van der Waals surface area (Å²) < 4.78 is 5.42. The quantitative estimate of drug-likeness (QED) is 0.737. The van der Waals surface area contributed by atoms with Crippen LogP contribution in [0.25, 0.3) is 0 Å². The van der Waals surface area contributed by atoms with Gasteiger partial charge in [-0.25, -0.2) is 0 Å². The van der Waals surface area contributed by atoms with E-state index in [1.807, 2.05) is 11.8 Å². The molecule has 0 radical (unpaired) electrons. The van der Waals surface area contributed by atoms with Gasteiger partial charge in [0.2, 0.25) is 11.8 Å². The number of nitrogens with zero attached hydrogens (tertiary/aromatic N) is 2. The van der Waals surface area contributed by atoms with Gasteiger partial charge in [-0.2, -0.15) is 0 Å². The Balaban J connectivity index is 1.82. The number of carbonyl (C=O) groups is 2. The second-order valence-corrected chi connectivity index (χ2v) is 5.98. The molecule has 19 heavy (non-hydrogen) atoms. The van der Waals surface area contributed by atoms with Crippen LogP contribution in [0.5, 0.6) is 0 Å². The molecule has 0 aliphatic carbocycles. The monoisotopic (exact) mass is 266 g/mol. The highest BCUT2D eigenvalue weighted by atomic mass is 16.5. The van der Waals surface area contributed by atoms with Gasteiger partial charge in [-0.05, 0) is 33.1 Å². The predicted octanol–water partition coefficient (Wildman–Crippen LogP) is 0.633. The lowest BCUT2D eigenvalue weighted by Crippen LogP contribution is -2.64. The molecule has 0 bridgehead atoms. The molecule has 0 aromatic heterocycles. The van der Waals surface area contributed by atoms with Crippen LogP contribution in [0.1, 0.15) is 33.1 Å².